The summed E-state index contributed by atoms with van der Waals surface area (Å²) in [5, 5.41) is 2.44. The Morgan fingerprint density at radius 2 is 1.40 bits per heavy atom. The van der Waals surface area contributed by atoms with Crippen molar-refractivity contribution in [1.82, 2.24) is 14.5 Å². The quantitative estimate of drug-likeness (QED) is 0.236. The maximum absolute atomic E-state index is 4.74. The number of pyridine rings is 1. The van der Waals surface area contributed by atoms with Crippen LogP contribution < -0.4 is 9.80 Å². The smallest absolute Gasteiger partial charge is 0.137 e. The highest BCUT2D eigenvalue weighted by atomic mass is 15.3. The highest BCUT2D eigenvalue weighted by Crippen LogP contribution is 2.45. The lowest BCUT2D eigenvalue weighted by Gasteiger charge is -2.29. The summed E-state index contributed by atoms with van der Waals surface area (Å²) in [5.74, 6) is 0.913. The van der Waals surface area contributed by atoms with Gasteiger partial charge in [0, 0.05) is 47.8 Å². The van der Waals surface area contributed by atoms with Crippen LogP contribution in [-0.2, 0) is 0 Å². The van der Waals surface area contributed by atoms with Gasteiger partial charge in [0.1, 0.15) is 5.82 Å². The van der Waals surface area contributed by atoms with Crippen molar-refractivity contribution in [2.75, 3.05) is 23.5 Å². The zero-order valence-electron chi connectivity index (χ0n) is 22.1. The first kappa shape index (κ1) is 22.7. The molecule has 2 aromatic heterocycles. The number of nitrogens with zero attached hydrogens (tertiary/aromatic N) is 5. The van der Waals surface area contributed by atoms with Crippen LogP contribution in [-0.4, -0.2) is 28.2 Å². The van der Waals surface area contributed by atoms with E-state index in [1.165, 1.54) is 27.6 Å². The molecule has 0 amide bonds. The Hall–Kier alpha value is -5.29. The largest absolute Gasteiger partial charge is 0.361 e. The molecular weight excluding hydrogens is 490 g/mol. The lowest BCUT2D eigenvalue weighted by molar-refractivity contribution is 0.496. The highest BCUT2D eigenvalue weighted by molar-refractivity contribution is 6.10. The van der Waals surface area contributed by atoms with Gasteiger partial charge in [0.25, 0.3) is 0 Å². The third kappa shape index (κ3) is 3.52. The molecule has 8 rings (SSSR count). The van der Waals surface area contributed by atoms with Crippen molar-refractivity contribution in [3.05, 3.63) is 133 Å². The normalized spacial score (nSPS) is 14.2. The van der Waals surface area contributed by atoms with Crippen LogP contribution in [0.15, 0.2) is 122 Å². The molecule has 0 radical (unpaired) electrons. The number of aromatic nitrogens is 2. The molecule has 0 fully saturated rings. The maximum Gasteiger partial charge on any atom is 0.137 e. The molecule has 5 nitrogen and oxygen atoms in total. The van der Waals surface area contributed by atoms with Gasteiger partial charge in [0.05, 0.1) is 29.1 Å². The number of fused-ring (bicyclic) bond motifs is 5. The zero-order valence-corrected chi connectivity index (χ0v) is 22.1. The van der Waals surface area contributed by atoms with Gasteiger partial charge in [0.15, 0.2) is 0 Å². The second-order valence-corrected chi connectivity index (χ2v) is 10.4. The third-order valence-corrected chi connectivity index (χ3v) is 7.88. The van der Waals surface area contributed by atoms with E-state index in [9.17, 15) is 0 Å². The van der Waals surface area contributed by atoms with Crippen LogP contribution in [0.3, 0.4) is 0 Å². The second kappa shape index (κ2) is 8.89. The molecule has 0 saturated heterocycles. The Kier molecular flexibility index (Phi) is 5.04. The minimum absolute atomic E-state index is 0.835. The Labute approximate surface area is 233 Å². The minimum atomic E-state index is 0.835. The minimum Gasteiger partial charge on any atom is -0.361 e. The van der Waals surface area contributed by atoms with E-state index in [0.717, 1.165) is 40.6 Å². The molecule has 192 valence electrons. The fourth-order valence-electron chi connectivity index (χ4n) is 5.99. The van der Waals surface area contributed by atoms with Crippen LogP contribution >= 0.6 is 0 Å². The summed E-state index contributed by atoms with van der Waals surface area (Å²) in [5.41, 5.74) is 9.24. The van der Waals surface area contributed by atoms with Gasteiger partial charge in [-0.3, -0.25) is 4.57 Å². The summed E-state index contributed by atoms with van der Waals surface area (Å²) >= 11 is 0. The SMILES string of the molecule is CN1C=CN(c2ccc3c(c2)N(c2ccc4c5ccccc5n(-c5ccccn5)c4c2)c2ccccc2C=C3)C1. The van der Waals surface area contributed by atoms with E-state index in [4.69, 9.17) is 4.98 Å². The predicted octanol–water partition coefficient (Wildman–Crippen LogP) is 8.31. The lowest BCUT2D eigenvalue weighted by atomic mass is 10.1. The van der Waals surface area contributed by atoms with E-state index in [2.05, 4.69) is 142 Å². The second-order valence-electron chi connectivity index (χ2n) is 10.4. The van der Waals surface area contributed by atoms with E-state index in [1.54, 1.807) is 0 Å². The standard InChI is InChI=1S/C35H27N5/c1-37-20-21-38(24-37)27-16-15-26-14-13-25-8-2-4-10-31(25)39(33(26)22-27)28-17-18-30-29-9-3-5-11-32(29)40(34(30)23-28)35-12-6-7-19-36-35/h2-23H,24H2,1H3. The number of benzene rings is 4. The van der Waals surface area contributed by atoms with Gasteiger partial charge in [-0.15, -0.1) is 0 Å². The van der Waals surface area contributed by atoms with Gasteiger partial charge in [-0.1, -0.05) is 66.7 Å². The summed E-state index contributed by atoms with van der Waals surface area (Å²) in [6, 6.07) is 36.9. The molecule has 2 aliphatic heterocycles. The van der Waals surface area contributed by atoms with Gasteiger partial charge in [-0.25, -0.2) is 4.98 Å². The molecule has 4 heterocycles. The van der Waals surface area contributed by atoms with E-state index in [1.807, 2.05) is 18.3 Å². The van der Waals surface area contributed by atoms with Crippen LogP contribution in [0.4, 0.5) is 22.7 Å². The molecule has 6 aromatic rings. The van der Waals surface area contributed by atoms with Crippen molar-refractivity contribution >= 4 is 56.7 Å². The zero-order chi connectivity index (χ0) is 26.6. The number of hydrogen-bond acceptors (Lipinski definition) is 4. The lowest BCUT2D eigenvalue weighted by Crippen LogP contribution is -2.22. The maximum atomic E-state index is 4.74. The molecule has 0 N–H and O–H groups in total. The van der Waals surface area contributed by atoms with Crippen molar-refractivity contribution in [2.24, 2.45) is 0 Å². The van der Waals surface area contributed by atoms with Crippen molar-refractivity contribution in [2.45, 2.75) is 0 Å². The highest BCUT2D eigenvalue weighted by Gasteiger charge is 2.23. The molecule has 2 aliphatic rings. The topological polar surface area (TPSA) is 27.5 Å². The predicted molar refractivity (Wildman–Crippen MR) is 166 cm³/mol. The Morgan fingerprint density at radius 3 is 2.25 bits per heavy atom. The van der Waals surface area contributed by atoms with Crippen LogP contribution in [0.5, 0.6) is 0 Å². The monoisotopic (exact) mass is 517 g/mol. The Balaban J connectivity index is 1.38. The molecule has 0 unspecified atom stereocenters. The van der Waals surface area contributed by atoms with Gasteiger partial charge in [-0.05, 0) is 59.7 Å². The van der Waals surface area contributed by atoms with Crippen LogP contribution in [0.25, 0.3) is 39.8 Å². The Bertz CT molecular complexity index is 1970. The summed E-state index contributed by atoms with van der Waals surface area (Å²) in [6.07, 6.45) is 10.6. The summed E-state index contributed by atoms with van der Waals surface area (Å²) in [4.78, 5) is 11.6. The third-order valence-electron chi connectivity index (χ3n) is 7.88. The van der Waals surface area contributed by atoms with E-state index < -0.39 is 0 Å². The van der Waals surface area contributed by atoms with Gasteiger partial charge in [-0.2, -0.15) is 0 Å². The number of anilines is 4. The summed E-state index contributed by atoms with van der Waals surface area (Å²) in [7, 11) is 2.10. The molecule has 0 saturated carbocycles. The summed E-state index contributed by atoms with van der Waals surface area (Å²) < 4.78 is 2.28. The molecule has 40 heavy (non-hydrogen) atoms. The fraction of sp³-hybridized carbons (Fsp3) is 0.0571. The van der Waals surface area contributed by atoms with E-state index in [0.29, 0.717) is 0 Å². The molecule has 0 atom stereocenters. The van der Waals surface area contributed by atoms with Gasteiger partial charge >= 0.3 is 0 Å². The van der Waals surface area contributed by atoms with E-state index in [-0.39, 0.29) is 0 Å². The number of para-hydroxylation sites is 2. The molecule has 0 spiro atoms. The molecule has 0 bridgehead atoms. The first-order valence-corrected chi connectivity index (χ1v) is 13.6. The van der Waals surface area contributed by atoms with Crippen molar-refractivity contribution in [1.29, 1.82) is 0 Å². The van der Waals surface area contributed by atoms with Crippen LogP contribution in [0.2, 0.25) is 0 Å². The number of hydrogen-bond donors (Lipinski definition) is 0. The van der Waals surface area contributed by atoms with E-state index >= 15 is 0 Å². The first-order valence-electron chi connectivity index (χ1n) is 13.6. The van der Waals surface area contributed by atoms with Gasteiger partial charge < -0.3 is 14.7 Å². The Morgan fingerprint density at radius 1 is 0.625 bits per heavy atom. The van der Waals surface area contributed by atoms with Crippen LogP contribution in [0.1, 0.15) is 11.1 Å². The molecule has 4 aromatic carbocycles. The number of rotatable bonds is 3. The molecular formula is C35H27N5. The van der Waals surface area contributed by atoms with Crippen molar-refractivity contribution in [3.8, 4) is 5.82 Å². The first-order chi connectivity index (χ1) is 19.7. The van der Waals surface area contributed by atoms with Crippen LogP contribution in [0, 0.1) is 0 Å². The molecule has 0 aliphatic carbocycles. The molecule has 5 heteroatoms. The van der Waals surface area contributed by atoms with Crippen molar-refractivity contribution in [3.63, 3.8) is 0 Å². The van der Waals surface area contributed by atoms with Gasteiger partial charge in [0.2, 0.25) is 0 Å². The average Bonchev–Trinajstić information content (AvgIpc) is 3.53. The van der Waals surface area contributed by atoms with Crippen molar-refractivity contribution < 1.29 is 0 Å². The fourth-order valence-corrected chi connectivity index (χ4v) is 5.99. The summed E-state index contributed by atoms with van der Waals surface area (Å²) in [6.45, 7) is 0.835. The average molecular weight is 518 g/mol.